The molecule has 168 valence electrons. The Morgan fingerprint density at radius 2 is 2.06 bits per heavy atom. The van der Waals surface area contributed by atoms with Crippen LogP contribution in [0.2, 0.25) is 5.02 Å². The van der Waals surface area contributed by atoms with Gasteiger partial charge >= 0.3 is 0 Å². The molecule has 2 aromatic carbocycles. The number of anilines is 2. The quantitative estimate of drug-likeness (QED) is 0.350. The van der Waals surface area contributed by atoms with Crippen molar-refractivity contribution in [2.45, 2.75) is 18.9 Å². The molecule has 6 nitrogen and oxygen atoms in total. The molecule has 1 atom stereocenters. The fourth-order valence-electron chi connectivity index (χ4n) is 3.72. The van der Waals surface area contributed by atoms with Crippen LogP contribution in [0.5, 0.6) is 0 Å². The van der Waals surface area contributed by atoms with Crippen LogP contribution in [0.4, 0.5) is 10.8 Å². The van der Waals surface area contributed by atoms with Gasteiger partial charge in [0.2, 0.25) is 0 Å². The standard InChI is InChI=1S/C24H20ClN3O3S2/c25-17-10-9-15(13-19(17)26-22(29)21-8-4-12-32-21)23(30)28(14-16-5-3-11-31-16)24-27-18-6-1-2-7-20(18)33-24/h1-2,4,6-10,12-13,16H,3,5,11,14H2,(H,26,29)/t16-/m0/s1. The number of aromatic nitrogens is 1. The lowest BCUT2D eigenvalue weighted by molar-refractivity contribution is 0.0917. The third-order valence-electron chi connectivity index (χ3n) is 5.38. The van der Waals surface area contributed by atoms with Gasteiger partial charge < -0.3 is 10.1 Å². The Morgan fingerprint density at radius 3 is 2.82 bits per heavy atom. The molecule has 1 saturated heterocycles. The van der Waals surface area contributed by atoms with Crippen molar-refractivity contribution in [1.29, 1.82) is 0 Å². The summed E-state index contributed by atoms with van der Waals surface area (Å²) in [6.45, 7) is 1.12. The molecule has 33 heavy (non-hydrogen) atoms. The van der Waals surface area contributed by atoms with Gasteiger partial charge in [0.25, 0.3) is 11.8 Å². The number of amides is 2. The molecule has 0 saturated carbocycles. The average Bonchev–Trinajstić information content (AvgIpc) is 3.60. The van der Waals surface area contributed by atoms with Gasteiger partial charge in [-0.25, -0.2) is 4.98 Å². The van der Waals surface area contributed by atoms with Crippen LogP contribution in [0.25, 0.3) is 10.2 Å². The number of nitrogens with zero attached hydrogens (tertiary/aromatic N) is 2. The highest BCUT2D eigenvalue weighted by molar-refractivity contribution is 7.22. The molecule has 1 fully saturated rings. The Balaban J connectivity index is 1.46. The van der Waals surface area contributed by atoms with Crippen LogP contribution in [0.3, 0.4) is 0 Å². The number of carbonyl (C=O) groups excluding carboxylic acids is 2. The predicted molar refractivity (Wildman–Crippen MR) is 134 cm³/mol. The number of hydrogen-bond acceptors (Lipinski definition) is 6. The van der Waals surface area contributed by atoms with E-state index in [9.17, 15) is 9.59 Å². The summed E-state index contributed by atoms with van der Waals surface area (Å²) < 4.78 is 6.82. The highest BCUT2D eigenvalue weighted by Crippen LogP contribution is 2.32. The molecule has 5 rings (SSSR count). The van der Waals surface area contributed by atoms with Gasteiger partial charge in [-0.1, -0.05) is 41.1 Å². The van der Waals surface area contributed by atoms with Gasteiger partial charge in [-0.2, -0.15) is 0 Å². The van der Waals surface area contributed by atoms with Gasteiger partial charge in [-0.15, -0.1) is 11.3 Å². The zero-order chi connectivity index (χ0) is 22.8. The Morgan fingerprint density at radius 1 is 1.18 bits per heavy atom. The Bertz CT molecular complexity index is 1270. The summed E-state index contributed by atoms with van der Waals surface area (Å²) in [5, 5.41) is 5.63. The van der Waals surface area contributed by atoms with Crippen molar-refractivity contribution in [3.8, 4) is 0 Å². The minimum atomic E-state index is -0.265. The SMILES string of the molecule is O=C(Nc1cc(C(=O)N(C[C@@H]2CCCO2)c2nc3ccccc3s2)ccc1Cl)c1cccs1. The molecule has 1 aliphatic rings. The molecule has 0 spiro atoms. The molecule has 0 bridgehead atoms. The van der Waals surface area contributed by atoms with E-state index in [4.69, 9.17) is 21.3 Å². The molecule has 0 unspecified atom stereocenters. The molecule has 0 aliphatic carbocycles. The maximum absolute atomic E-state index is 13.7. The maximum Gasteiger partial charge on any atom is 0.265 e. The first-order valence-corrected chi connectivity index (χ1v) is 12.6. The van der Waals surface area contributed by atoms with Gasteiger partial charge in [0, 0.05) is 12.2 Å². The van der Waals surface area contributed by atoms with Crippen molar-refractivity contribution in [2.24, 2.45) is 0 Å². The van der Waals surface area contributed by atoms with E-state index in [1.165, 1.54) is 22.7 Å². The molecule has 9 heteroatoms. The summed E-state index contributed by atoms with van der Waals surface area (Å²) in [5.74, 6) is -0.480. The second-order valence-corrected chi connectivity index (χ2v) is 10.0. The molecule has 2 aromatic heterocycles. The first-order chi connectivity index (χ1) is 16.1. The Labute approximate surface area is 203 Å². The smallest absolute Gasteiger partial charge is 0.265 e. The van der Waals surface area contributed by atoms with Gasteiger partial charge in [0.1, 0.15) is 0 Å². The fraction of sp³-hybridized carbons (Fsp3) is 0.208. The van der Waals surface area contributed by atoms with Crippen LogP contribution >= 0.6 is 34.3 Å². The number of ether oxygens (including phenoxy) is 1. The number of nitrogens with one attached hydrogen (secondary N) is 1. The minimum absolute atomic E-state index is 0.0359. The number of rotatable bonds is 6. The van der Waals surface area contributed by atoms with Crippen molar-refractivity contribution in [3.63, 3.8) is 0 Å². The topological polar surface area (TPSA) is 71.5 Å². The molecule has 0 radical (unpaired) electrons. The Hall–Kier alpha value is -2.78. The summed E-state index contributed by atoms with van der Waals surface area (Å²) in [7, 11) is 0. The van der Waals surface area contributed by atoms with E-state index in [-0.39, 0.29) is 17.9 Å². The van der Waals surface area contributed by atoms with Gasteiger partial charge in [-0.05, 0) is 54.6 Å². The van der Waals surface area contributed by atoms with E-state index in [0.29, 0.717) is 39.4 Å². The van der Waals surface area contributed by atoms with Crippen molar-refractivity contribution < 1.29 is 14.3 Å². The minimum Gasteiger partial charge on any atom is -0.376 e. The third-order valence-corrected chi connectivity index (χ3v) is 7.63. The molecule has 2 amide bonds. The third kappa shape index (κ3) is 4.79. The molecule has 1 N–H and O–H groups in total. The van der Waals surface area contributed by atoms with Crippen molar-refractivity contribution in [1.82, 2.24) is 4.98 Å². The van der Waals surface area contributed by atoms with Crippen molar-refractivity contribution in [3.05, 3.63) is 75.4 Å². The zero-order valence-electron chi connectivity index (χ0n) is 17.5. The van der Waals surface area contributed by atoms with Gasteiger partial charge in [0.15, 0.2) is 5.13 Å². The lowest BCUT2D eigenvalue weighted by Gasteiger charge is -2.23. The predicted octanol–water partition coefficient (Wildman–Crippen LogP) is 6.09. The average molecular weight is 498 g/mol. The number of thiophene rings is 1. The van der Waals surface area contributed by atoms with Crippen LogP contribution in [0.1, 0.15) is 32.9 Å². The summed E-state index contributed by atoms with van der Waals surface area (Å²) in [6.07, 6.45) is 1.84. The van der Waals surface area contributed by atoms with E-state index in [2.05, 4.69) is 5.32 Å². The van der Waals surface area contributed by atoms with E-state index in [0.717, 1.165) is 23.1 Å². The van der Waals surface area contributed by atoms with Crippen molar-refractivity contribution in [2.75, 3.05) is 23.4 Å². The number of halogens is 1. The monoisotopic (exact) mass is 497 g/mol. The second kappa shape index (κ2) is 9.61. The van der Waals surface area contributed by atoms with Crippen LogP contribution in [-0.2, 0) is 4.74 Å². The number of fused-ring (bicyclic) bond motifs is 1. The normalized spacial score (nSPS) is 15.6. The molecular weight excluding hydrogens is 478 g/mol. The van der Waals surface area contributed by atoms with E-state index in [1.807, 2.05) is 35.7 Å². The molecule has 1 aliphatic heterocycles. The number of benzene rings is 2. The highest BCUT2D eigenvalue weighted by Gasteiger charge is 2.27. The second-order valence-electron chi connectivity index (χ2n) is 7.64. The van der Waals surface area contributed by atoms with Crippen LogP contribution in [0.15, 0.2) is 60.0 Å². The summed E-state index contributed by atoms with van der Waals surface area (Å²) in [5.41, 5.74) is 1.66. The van der Waals surface area contributed by atoms with Gasteiger partial charge in [-0.3, -0.25) is 14.5 Å². The number of carbonyl (C=O) groups is 2. The summed E-state index contributed by atoms with van der Waals surface area (Å²) in [4.78, 5) is 33.1. The summed E-state index contributed by atoms with van der Waals surface area (Å²) >= 11 is 9.14. The van der Waals surface area contributed by atoms with E-state index in [1.54, 1.807) is 29.2 Å². The maximum atomic E-state index is 13.7. The first-order valence-electron chi connectivity index (χ1n) is 10.5. The lowest BCUT2D eigenvalue weighted by Crippen LogP contribution is -2.37. The number of hydrogen-bond donors (Lipinski definition) is 1. The molecular formula is C24H20ClN3O3S2. The molecule has 3 heterocycles. The first kappa shape index (κ1) is 22.0. The zero-order valence-corrected chi connectivity index (χ0v) is 19.9. The number of para-hydroxylation sites is 1. The van der Waals surface area contributed by atoms with Gasteiger partial charge in [0.05, 0.1) is 38.5 Å². The largest absolute Gasteiger partial charge is 0.376 e. The molecule has 4 aromatic rings. The Kier molecular flexibility index (Phi) is 6.41. The fourth-order valence-corrected chi connectivity index (χ4v) is 5.47. The van der Waals surface area contributed by atoms with Crippen LogP contribution < -0.4 is 10.2 Å². The van der Waals surface area contributed by atoms with Crippen molar-refractivity contribution >= 4 is 67.1 Å². The summed E-state index contributed by atoms with van der Waals surface area (Å²) in [6, 6.07) is 16.3. The highest BCUT2D eigenvalue weighted by atomic mass is 35.5. The van der Waals surface area contributed by atoms with Crippen LogP contribution in [-0.4, -0.2) is 36.1 Å². The number of thiazole rings is 1. The van der Waals surface area contributed by atoms with E-state index >= 15 is 0 Å². The van der Waals surface area contributed by atoms with Crippen LogP contribution in [0, 0.1) is 0 Å². The van der Waals surface area contributed by atoms with E-state index < -0.39 is 0 Å². The lowest BCUT2D eigenvalue weighted by atomic mass is 10.1.